The van der Waals surface area contributed by atoms with E-state index in [1.165, 1.54) is 5.56 Å². The van der Waals surface area contributed by atoms with Crippen LogP contribution in [0, 0.1) is 0 Å². The fourth-order valence-corrected chi connectivity index (χ4v) is 3.08. The van der Waals surface area contributed by atoms with E-state index in [4.69, 9.17) is 0 Å². The fraction of sp³-hybridized carbons (Fsp3) is 0.526. The molecule has 2 N–H and O–H groups in total. The molecular weight excluding hydrogens is 330 g/mol. The molecule has 1 aromatic rings. The van der Waals surface area contributed by atoms with Gasteiger partial charge in [0.2, 0.25) is 17.8 Å². The van der Waals surface area contributed by atoms with Gasteiger partial charge in [0, 0.05) is 31.9 Å². The number of nitrogens with one attached hydrogen (secondary N) is 2. The largest absolute Gasteiger partial charge is 0.340 e. The molecule has 0 aromatic heterocycles. The molecule has 0 spiro atoms. The minimum atomic E-state index is -0.691. The van der Waals surface area contributed by atoms with Gasteiger partial charge < -0.3 is 15.1 Å². The monoisotopic (exact) mass is 357 g/mol. The number of hydrogen-bond acceptors (Lipinski definition) is 5. The van der Waals surface area contributed by atoms with Crippen molar-refractivity contribution in [1.29, 1.82) is 0 Å². The third-order valence-electron chi connectivity index (χ3n) is 4.86. The maximum absolute atomic E-state index is 12.6. The molecular formula is C19H27N5O2. The SMILES string of the molecule is CC(C)c1ccc(NC(=O)[C@H]2CC(=O)NC(N3CCN(C)CC3)=N2)cc1. The quantitative estimate of drug-likeness (QED) is 0.853. The van der Waals surface area contributed by atoms with Crippen molar-refractivity contribution < 1.29 is 9.59 Å². The number of carbonyl (C=O) groups excluding carboxylic acids is 2. The van der Waals surface area contributed by atoms with Gasteiger partial charge >= 0.3 is 0 Å². The smallest absolute Gasteiger partial charge is 0.249 e. The van der Waals surface area contributed by atoms with Crippen molar-refractivity contribution in [2.75, 3.05) is 38.5 Å². The number of guanidine groups is 1. The molecule has 2 aliphatic rings. The van der Waals surface area contributed by atoms with Crippen LogP contribution in [0.25, 0.3) is 0 Å². The van der Waals surface area contributed by atoms with Crippen molar-refractivity contribution in [3.05, 3.63) is 29.8 Å². The summed E-state index contributed by atoms with van der Waals surface area (Å²) in [5, 5.41) is 5.68. The second kappa shape index (κ2) is 7.86. The van der Waals surface area contributed by atoms with Crippen molar-refractivity contribution in [3.63, 3.8) is 0 Å². The first-order chi connectivity index (χ1) is 12.4. The molecule has 7 heteroatoms. The molecule has 1 saturated heterocycles. The first-order valence-corrected chi connectivity index (χ1v) is 9.14. The van der Waals surface area contributed by atoms with Gasteiger partial charge in [-0.05, 0) is 30.7 Å². The van der Waals surface area contributed by atoms with Gasteiger partial charge in [0.1, 0.15) is 6.04 Å². The van der Waals surface area contributed by atoms with E-state index >= 15 is 0 Å². The summed E-state index contributed by atoms with van der Waals surface area (Å²) in [4.78, 5) is 33.4. The summed E-state index contributed by atoms with van der Waals surface area (Å²) in [5.74, 6) is 0.551. The zero-order valence-electron chi connectivity index (χ0n) is 15.7. The highest BCUT2D eigenvalue weighted by Gasteiger charge is 2.30. The summed E-state index contributed by atoms with van der Waals surface area (Å²) in [6, 6.07) is 7.10. The summed E-state index contributed by atoms with van der Waals surface area (Å²) in [5.41, 5.74) is 1.94. The van der Waals surface area contributed by atoms with E-state index in [0.717, 1.165) is 31.9 Å². The zero-order chi connectivity index (χ0) is 18.7. The van der Waals surface area contributed by atoms with Crippen LogP contribution in [-0.2, 0) is 9.59 Å². The Kier molecular flexibility index (Phi) is 5.56. The summed E-state index contributed by atoms with van der Waals surface area (Å²) < 4.78 is 0. The maximum Gasteiger partial charge on any atom is 0.249 e. The van der Waals surface area contributed by atoms with Gasteiger partial charge in [-0.25, -0.2) is 4.99 Å². The Morgan fingerprint density at radius 2 is 1.85 bits per heavy atom. The molecule has 7 nitrogen and oxygen atoms in total. The molecule has 2 aliphatic heterocycles. The van der Waals surface area contributed by atoms with Crippen molar-refractivity contribution in [1.82, 2.24) is 15.1 Å². The van der Waals surface area contributed by atoms with Gasteiger partial charge in [0.15, 0.2) is 0 Å². The Bertz CT molecular complexity index is 690. The van der Waals surface area contributed by atoms with Gasteiger partial charge in [-0.3, -0.25) is 14.9 Å². The van der Waals surface area contributed by atoms with Crippen LogP contribution in [-0.4, -0.2) is 66.8 Å². The van der Waals surface area contributed by atoms with Crippen LogP contribution in [0.2, 0.25) is 0 Å². The number of hydrogen-bond donors (Lipinski definition) is 2. The summed E-state index contributed by atoms with van der Waals surface area (Å²) in [7, 11) is 2.07. The van der Waals surface area contributed by atoms with Crippen LogP contribution in [0.4, 0.5) is 5.69 Å². The minimum Gasteiger partial charge on any atom is -0.340 e. The molecule has 0 radical (unpaired) electrons. The number of piperazine rings is 1. The predicted molar refractivity (Wildman–Crippen MR) is 102 cm³/mol. The number of amides is 2. The average Bonchev–Trinajstić information content (AvgIpc) is 2.62. The van der Waals surface area contributed by atoms with Crippen molar-refractivity contribution >= 4 is 23.5 Å². The number of nitrogens with zero attached hydrogens (tertiary/aromatic N) is 3. The van der Waals surface area contributed by atoms with E-state index in [-0.39, 0.29) is 18.2 Å². The van der Waals surface area contributed by atoms with Crippen LogP contribution >= 0.6 is 0 Å². The molecule has 26 heavy (non-hydrogen) atoms. The molecule has 0 unspecified atom stereocenters. The van der Waals surface area contributed by atoms with E-state index in [9.17, 15) is 9.59 Å². The topological polar surface area (TPSA) is 77.0 Å². The molecule has 3 rings (SSSR count). The lowest BCUT2D eigenvalue weighted by Gasteiger charge is -2.36. The highest BCUT2D eigenvalue weighted by atomic mass is 16.2. The van der Waals surface area contributed by atoms with Gasteiger partial charge in [-0.15, -0.1) is 0 Å². The van der Waals surface area contributed by atoms with Crippen LogP contribution in [0.15, 0.2) is 29.3 Å². The Labute approximate surface area is 154 Å². The van der Waals surface area contributed by atoms with Gasteiger partial charge in [-0.2, -0.15) is 0 Å². The second-order valence-electron chi connectivity index (χ2n) is 7.28. The standard InChI is InChI=1S/C19H27N5O2/c1-13(2)14-4-6-15(7-5-14)20-18(26)16-12-17(25)22-19(21-16)24-10-8-23(3)9-11-24/h4-7,13,16H,8-12H2,1-3H3,(H,20,26)(H,21,22,25)/t16-/m1/s1. The lowest BCUT2D eigenvalue weighted by molar-refractivity contribution is -0.125. The molecule has 1 aromatic carbocycles. The van der Waals surface area contributed by atoms with Gasteiger partial charge in [0.05, 0.1) is 6.42 Å². The Hall–Kier alpha value is -2.41. The number of aliphatic imine (C=N–C) groups is 1. The first-order valence-electron chi connectivity index (χ1n) is 9.14. The highest BCUT2D eigenvalue weighted by molar-refractivity contribution is 6.05. The van der Waals surface area contributed by atoms with E-state index in [1.807, 2.05) is 29.2 Å². The van der Waals surface area contributed by atoms with E-state index < -0.39 is 6.04 Å². The Morgan fingerprint density at radius 1 is 1.19 bits per heavy atom. The molecule has 1 fully saturated rings. The molecule has 0 aliphatic carbocycles. The number of rotatable bonds is 3. The number of likely N-dealkylation sites (N-methyl/N-ethyl adjacent to an activating group) is 1. The van der Waals surface area contributed by atoms with Crippen LogP contribution in [0.1, 0.15) is 31.7 Å². The van der Waals surface area contributed by atoms with Gasteiger partial charge in [-0.1, -0.05) is 26.0 Å². The highest BCUT2D eigenvalue weighted by Crippen LogP contribution is 2.18. The molecule has 2 heterocycles. The average molecular weight is 357 g/mol. The maximum atomic E-state index is 12.6. The van der Waals surface area contributed by atoms with Crippen molar-refractivity contribution in [2.24, 2.45) is 4.99 Å². The third-order valence-corrected chi connectivity index (χ3v) is 4.86. The predicted octanol–water partition coefficient (Wildman–Crippen LogP) is 1.24. The lowest BCUT2D eigenvalue weighted by atomic mass is 10.0. The van der Waals surface area contributed by atoms with Crippen LogP contribution < -0.4 is 10.6 Å². The summed E-state index contributed by atoms with van der Waals surface area (Å²) in [6.07, 6.45) is 0.0765. The minimum absolute atomic E-state index is 0.0765. The number of benzene rings is 1. The Balaban J connectivity index is 1.67. The zero-order valence-corrected chi connectivity index (χ0v) is 15.7. The second-order valence-corrected chi connectivity index (χ2v) is 7.28. The van der Waals surface area contributed by atoms with Crippen molar-refractivity contribution in [3.8, 4) is 0 Å². The Morgan fingerprint density at radius 3 is 2.46 bits per heavy atom. The molecule has 140 valence electrons. The molecule has 0 saturated carbocycles. The van der Waals surface area contributed by atoms with E-state index in [0.29, 0.717) is 11.9 Å². The number of anilines is 1. The van der Waals surface area contributed by atoms with E-state index in [1.54, 1.807) is 0 Å². The van der Waals surface area contributed by atoms with Crippen LogP contribution in [0.5, 0.6) is 0 Å². The van der Waals surface area contributed by atoms with E-state index in [2.05, 4.69) is 41.4 Å². The molecule has 1 atom stereocenters. The summed E-state index contributed by atoms with van der Waals surface area (Å²) in [6.45, 7) is 7.66. The summed E-state index contributed by atoms with van der Waals surface area (Å²) >= 11 is 0. The first kappa shape index (κ1) is 18.4. The van der Waals surface area contributed by atoms with Gasteiger partial charge in [0.25, 0.3) is 0 Å². The third kappa shape index (κ3) is 4.40. The van der Waals surface area contributed by atoms with Crippen molar-refractivity contribution in [2.45, 2.75) is 32.2 Å². The molecule has 2 amide bonds. The van der Waals surface area contributed by atoms with Crippen LogP contribution in [0.3, 0.4) is 0 Å². The molecule has 0 bridgehead atoms. The lowest BCUT2D eigenvalue weighted by Crippen LogP contribution is -2.55. The normalized spacial score (nSPS) is 21.4. The number of carbonyl (C=O) groups is 2. The fourth-order valence-electron chi connectivity index (χ4n) is 3.08.